The molecule has 3 aromatic rings. The van der Waals surface area contributed by atoms with Crippen molar-refractivity contribution in [3.05, 3.63) is 36.8 Å². The van der Waals surface area contributed by atoms with Crippen LogP contribution in [0.5, 0.6) is 5.75 Å². The third-order valence-corrected chi connectivity index (χ3v) is 4.38. The summed E-state index contributed by atoms with van der Waals surface area (Å²) in [7, 11) is 1.65. The van der Waals surface area contributed by atoms with E-state index in [1.807, 2.05) is 35.1 Å². The lowest BCUT2D eigenvalue weighted by Crippen LogP contribution is -2.45. The molecule has 130 valence electrons. The van der Waals surface area contributed by atoms with Gasteiger partial charge in [0.05, 0.1) is 36.6 Å². The molecule has 0 spiro atoms. The Labute approximate surface area is 146 Å². The fourth-order valence-corrected chi connectivity index (χ4v) is 3.35. The summed E-state index contributed by atoms with van der Waals surface area (Å²) in [5.41, 5.74) is 1.73. The van der Waals surface area contributed by atoms with Crippen molar-refractivity contribution >= 4 is 16.9 Å². The van der Waals surface area contributed by atoms with Crippen LogP contribution in [0.3, 0.4) is 0 Å². The number of ether oxygens (including phenoxy) is 2. The second-order valence-corrected chi connectivity index (χ2v) is 6.35. The number of hydrogen-bond acceptors (Lipinski definition) is 6. The molecule has 7 nitrogen and oxygen atoms in total. The van der Waals surface area contributed by atoms with Gasteiger partial charge in [0.15, 0.2) is 5.65 Å². The fraction of sp³-hybridized carbons (Fsp3) is 0.389. The van der Waals surface area contributed by atoms with Crippen LogP contribution < -0.4 is 9.64 Å². The first-order valence-electron chi connectivity index (χ1n) is 8.39. The lowest BCUT2D eigenvalue weighted by atomic mass is 10.2. The lowest BCUT2D eigenvalue weighted by molar-refractivity contribution is -0.00537. The zero-order valence-corrected chi connectivity index (χ0v) is 14.6. The summed E-state index contributed by atoms with van der Waals surface area (Å²) in [6.45, 7) is 5.79. The van der Waals surface area contributed by atoms with Crippen LogP contribution in [0.2, 0.25) is 0 Å². The monoisotopic (exact) mass is 339 g/mol. The molecule has 1 fully saturated rings. The van der Waals surface area contributed by atoms with E-state index < -0.39 is 0 Å². The molecule has 25 heavy (non-hydrogen) atoms. The van der Waals surface area contributed by atoms with Gasteiger partial charge in [0, 0.05) is 13.1 Å². The van der Waals surface area contributed by atoms with Crippen molar-refractivity contribution in [1.29, 1.82) is 0 Å². The Bertz CT molecular complexity index is 867. The van der Waals surface area contributed by atoms with Crippen molar-refractivity contribution in [3.63, 3.8) is 0 Å². The van der Waals surface area contributed by atoms with Crippen molar-refractivity contribution in [2.45, 2.75) is 26.1 Å². The number of hydrogen-bond donors (Lipinski definition) is 0. The van der Waals surface area contributed by atoms with Crippen LogP contribution in [0.4, 0.5) is 5.82 Å². The van der Waals surface area contributed by atoms with Crippen LogP contribution in [-0.2, 0) is 4.74 Å². The number of benzene rings is 1. The predicted octanol–water partition coefficient (Wildman–Crippen LogP) is 2.44. The summed E-state index contributed by atoms with van der Waals surface area (Å²) in [6, 6.07) is 7.75. The van der Waals surface area contributed by atoms with Crippen LogP contribution in [0.1, 0.15) is 13.8 Å². The van der Waals surface area contributed by atoms with Gasteiger partial charge < -0.3 is 14.4 Å². The highest BCUT2D eigenvalue weighted by molar-refractivity contribution is 5.87. The Kier molecular flexibility index (Phi) is 4.01. The van der Waals surface area contributed by atoms with E-state index in [-0.39, 0.29) is 12.2 Å². The molecule has 7 heteroatoms. The van der Waals surface area contributed by atoms with Crippen LogP contribution in [-0.4, -0.2) is 52.2 Å². The number of anilines is 1. The SMILES string of the molecule is COc1ccc(-n2ncc3c(N4CC(C)OC(C)C4)ncnc32)cc1. The smallest absolute Gasteiger partial charge is 0.168 e. The minimum atomic E-state index is 0.172. The number of aromatic nitrogens is 4. The molecule has 0 saturated carbocycles. The summed E-state index contributed by atoms with van der Waals surface area (Å²) in [5, 5.41) is 5.47. The Morgan fingerprint density at radius 2 is 1.80 bits per heavy atom. The zero-order valence-electron chi connectivity index (χ0n) is 14.6. The number of rotatable bonds is 3. The summed E-state index contributed by atoms with van der Waals surface area (Å²) < 4.78 is 12.9. The van der Waals surface area contributed by atoms with E-state index in [0.29, 0.717) is 0 Å². The van der Waals surface area contributed by atoms with E-state index in [0.717, 1.165) is 41.4 Å². The van der Waals surface area contributed by atoms with Crippen LogP contribution >= 0.6 is 0 Å². The second kappa shape index (κ2) is 6.33. The van der Waals surface area contributed by atoms with E-state index in [9.17, 15) is 0 Å². The molecule has 0 N–H and O–H groups in total. The summed E-state index contributed by atoms with van der Waals surface area (Å²) in [4.78, 5) is 11.2. The molecule has 1 aliphatic rings. The minimum absolute atomic E-state index is 0.172. The molecule has 1 saturated heterocycles. The number of nitrogens with zero attached hydrogens (tertiary/aromatic N) is 5. The third kappa shape index (κ3) is 2.91. The molecule has 2 aromatic heterocycles. The topological polar surface area (TPSA) is 65.3 Å². The number of fused-ring (bicyclic) bond motifs is 1. The minimum Gasteiger partial charge on any atom is -0.497 e. The average molecular weight is 339 g/mol. The molecule has 0 aliphatic carbocycles. The Morgan fingerprint density at radius 3 is 2.48 bits per heavy atom. The number of methoxy groups -OCH3 is 1. The van der Waals surface area contributed by atoms with Crippen LogP contribution in [0, 0.1) is 0 Å². The molecule has 0 amide bonds. The second-order valence-electron chi connectivity index (χ2n) is 6.35. The zero-order chi connectivity index (χ0) is 17.4. The van der Waals surface area contributed by atoms with Crippen molar-refractivity contribution in [2.75, 3.05) is 25.1 Å². The Balaban J connectivity index is 1.75. The van der Waals surface area contributed by atoms with Crippen molar-refractivity contribution < 1.29 is 9.47 Å². The first-order valence-corrected chi connectivity index (χ1v) is 8.39. The van der Waals surface area contributed by atoms with Gasteiger partial charge in [0.1, 0.15) is 17.9 Å². The molecule has 0 bridgehead atoms. The molecular formula is C18H21N5O2. The highest BCUT2D eigenvalue weighted by Crippen LogP contribution is 2.27. The molecular weight excluding hydrogens is 318 g/mol. The summed E-state index contributed by atoms with van der Waals surface area (Å²) in [6.07, 6.45) is 3.78. The maximum Gasteiger partial charge on any atom is 0.168 e. The standard InChI is InChI=1S/C18H21N5O2/c1-12-9-22(10-13(2)25-12)17-16-8-21-23(18(16)20-11-19-17)14-4-6-15(24-3)7-5-14/h4-8,11-13H,9-10H2,1-3H3. The van der Waals surface area contributed by atoms with Gasteiger partial charge in [-0.05, 0) is 38.1 Å². The van der Waals surface area contributed by atoms with E-state index >= 15 is 0 Å². The quantitative estimate of drug-likeness (QED) is 0.730. The van der Waals surface area contributed by atoms with Gasteiger partial charge in [-0.15, -0.1) is 0 Å². The highest BCUT2D eigenvalue weighted by Gasteiger charge is 2.25. The fourth-order valence-electron chi connectivity index (χ4n) is 3.35. The summed E-state index contributed by atoms with van der Waals surface area (Å²) in [5.74, 6) is 1.72. The Morgan fingerprint density at radius 1 is 1.08 bits per heavy atom. The molecule has 2 atom stereocenters. The van der Waals surface area contributed by atoms with Gasteiger partial charge in [-0.25, -0.2) is 14.6 Å². The van der Waals surface area contributed by atoms with Gasteiger partial charge in [-0.1, -0.05) is 0 Å². The molecule has 4 rings (SSSR count). The van der Waals surface area contributed by atoms with Gasteiger partial charge >= 0.3 is 0 Å². The summed E-state index contributed by atoms with van der Waals surface area (Å²) >= 11 is 0. The van der Waals surface area contributed by atoms with Gasteiger partial charge in [0.2, 0.25) is 0 Å². The molecule has 1 aromatic carbocycles. The maximum absolute atomic E-state index is 5.83. The molecule has 3 heterocycles. The molecule has 0 radical (unpaired) electrons. The highest BCUT2D eigenvalue weighted by atomic mass is 16.5. The first kappa shape index (κ1) is 15.8. The van der Waals surface area contributed by atoms with E-state index in [1.54, 1.807) is 13.4 Å². The predicted molar refractivity (Wildman–Crippen MR) is 95.4 cm³/mol. The lowest BCUT2D eigenvalue weighted by Gasteiger charge is -2.36. The van der Waals surface area contributed by atoms with Crippen molar-refractivity contribution in [2.24, 2.45) is 0 Å². The van der Waals surface area contributed by atoms with Gasteiger partial charge in [-0.2, -0.15) is 5.10 Å². The van der Waals surface area contributed by atoms with Crippen LogP contribution in [0.25, 0.3) is 16.7 Å². The van der Waals surface area contributed by atoms with E-state index in [4.69, 9.17) is 9.47 Å². The van der Waals surface area contributed by atoms with Crippen molar-refractivity contribution in [1.82, 2.24) is 19.7 Å². The first-order chi connectivity index (χ1) is 12.2. The third-order valence-electron chi connectivity index (χ3n) is 4.38. The van der Waals surface area contributed by atoms with Crippen molar-refractivity contribution in [3.8, 4) is 11.4 Å². The van der Waals surface area contributed by atoms with E-state index in [2.05, 4.69) is 33.8 Å². The largest absolute Gasteiger partial charge is 0.497 e. The normalized spacial score (nSPS) is 20.8. The number of morpholine rings is 1. The van der Waals surface area contributed by atoms with Crippen LogP contribution in [0.15, 0.2) is 36.8 Å². The maximum atomic E-state index is 5.83. The van der Waals surface area contributed by atoms with Gasteiger partial charge in [-0.3, -0.25) is 0 Å². The Hall–Kier alpha value is -2.67. The average Bonchev–Trinajstić information content (AvgIpc) is 3.05. The van der Waals surface area contributed by atoms with Gasteiger partial charge in [0.25, 0.3) is 0 Å². The molecule has 2 unspecified atom stereocenters. The van der Waals surface area contributed by atoms with E-state index in [1.165, 1.54) is 0 Å². The molecule has 1 aliphatic heterocycles.